The monoisotopic (exact) mass is 647 g/mol. The zero-order valence-electron chi connectivity index (χ0n) is 28.9. The highest BCUT2D eigenvalue weighted by molar-refractivity contribution is 7.04. The molecule has 0 radical (unpaired) electrons. The maximum atomic E-state index is 2.54. The Morgan fingerprint density at radius 2 is 1.14 bits per heavy atom. The van der Waals surface area contributed by atoms with Crippen molar-refractivity contribution in [3.8, 4) is 33.4 Å². The van der Waals surface area contributed by atoms with Crippen LogP contribution in [0.4, 0.5) is 11.4 Å². The Hall–Kier alpha value is -4.92. The molecule has 1 spiro atoms. The van der Waals surface area contributed by atoms with Crippen LogP contribution in [0.1, 0.15) is 43.4 Å². The van der Waals surface area contributed by atoms with Crippen molar-refractivity contribution in [2.45, 2.75) is 51.1 Å². The predicted molar refractivity (Wildman–Crippen MR) is 213 cm³/mol. The van der Waals surface area contributed by atoms with Crippen molar-refractivity contribution in [1.82, 2.24) is 0 Å². The van der Waals surface area contributed by atoms with E-state index in [0.717, 1.165) is 0 Å². The highest BCUT2D eigenvalue weighted by atomic mass is 28.3. The molecule has 7 aromatic rings. The summed E-state index contributed by atoms with van der Waals surface area (Å²) in [5.41, 5.74) is 15.0. The molecule has 2 aliphatic heterocycles. The number of para-hydroxylation sites is 1. The molecule has 2 heterocycles. The molecule has 49 heavy (non-hydrogen) atoms. The largest absolute Gasteiger partial charge is 0.345 e. The molecule has 10 rings (SSSR count). The average Bonchev–Trinajstić information content (AvgIpc) is 3.71. The molecule has 1 aliphatic carbocycles. The molecule has 2 heteroatoms. The number of benzene rings is 7. The van der Waals surface area contributed by atoms with Gasteiger partial charge in [0.15, 0.2) is 0 Å². The van der Waals surface area contributed by atoms with Crippen LogP contribution in [-0.4, -0.2) is 15.1 Å². The number of rotatable bonds is 2. The minimum absolute atomic E-state index is 0.00487. The van der Waals surface area contributed by atoms with E-state index in [4.69, 9.17) is 0 Å². The molecule has 0 aromatic heterocycles. The standard InChI is InChI=1S/C47H41NSi/c1-30-19-22-36-38(27-30)46(31-20-23-40-37(28-31)33-13-7-8-16-39(33)47(40,2)3)35-15-6-5-14-34(35)45(36)32-21-24-44-42(29-32)48(4)41-17-9-10-18-43(41)49(44)25-11-12-26-49/h5-10,13-24,27-29H,11-12,25-26H2,1-4H3. The lowest BCUT2D eigenvalue weighted by molar-refractivity contribution is 0.660. The van der Waals surface area contributed by atoms with Crippen LogP contribution >= 0.6 is 0 Å². The van der Waals surface area contributed by atoms with Crippen molar-refractivity contribution in [2.24, 2.45) is 0 Å². The Balaban J connectivity index is 1.23. The molecule has 1 nitrogen and oxygen atoms in total. The van der Waals surface area contributed by atoms with Crippen molar-refractivity contribution >= 4 is 51.4 Å². The second kappa shape index (κ2) is 10.3. The van der Waals surface area contributed by atoms with Gasteiger partial charge in [-0.05, 0) is 114 Å². The Labute approximate surface area is 290 Å². The van der Waals surface area contributed by atoms with Gasteiger partial charge in [-0.2, -0.15) is 0 Å². The quantitative estimate of drug-likeness (QED) is 0.133. The van der Waals surface area contributed by atoms with Crippen LogP contribution in [0.3, 0.4) is 0 Å². The van der Waals surface area contributed by atoms with Gasteiger partial charge in [0.25, 0.3) is 0 Å². The first-order valence-electron chi connectivity index (χ1n) is 18.0. The predicted octanol–water partition coefficient (Wildman–Crippen LogP) is 11.4. The lowest BCUT2D eigenvalue weighted by Gasteiger charge is -2.41. The second-order valence-electron chi connectivity index (χ2n) is 15.4. The van der Waals surface area contributed by atoms with Gasteiger partial charge in [-0.25, -0.2) is 0 Å². The van der Waals surface area contributed by atoms with Crippen LogP contribution in [0.2, 0.25) is 12.1 Å². The summed E-state index contributed by atoms with van der Waals surface area (Å²) in [5.74, 6) is 0. The fourth-order valence-electron chi connectivity index (χ4n) is 10.1. The Kier molecular flexibility index (Phi) is 6.10. The number of nitrogens with zero attached hydrogens (tertiary/aromatic N) is 1. The van der Waals surface area contributed by atoms with Gasteiger partial charge >= 0.3 is 0 Å². The molecular formula is C47H41NSi. The minimum Gasteiger partial charge on any atom is -0.345 e. The van der Waals surface area contributed by atoms with Crippen molar-refractivity contribution in [1.29, 1.82) is 0 Å². The van der Waals surface area contributed by atoms with Crippen LogP contribution in [0.25, 0.3) is 54.9 Å². The lowest BCUT2D eigenvalue weighted by Crippen LogP contribution is -2.61. The smallest absolute Gasteiger partial charge is 0.123 e. The van der Waals surface area contributed by atoms with Gasteiger partial charge in [-0.15, -0.1) is 0 Å². The molecule has 0 amide bonds. The fourth-order valence-corrected chi connectivity index (χ4v) is 15.7. The number of hydrogen-bond donors (Lipinski definition) is 0. The molecule has 0 bridgehead atoms. The van der Waals surface area contributed by atoms with Gasteiger partial charge in [0.2, 0.25) is 0 Å². The minimum atomic E-state index is -1.78. The van der Waals surface area contributed by atoms with E-state index in [0.29, 0.717) is 0 Å². The van der Waals surface area contributed by atoms with E-state index in [1.54, 1.807) is 10.4 Å². The second-order valence-corrected chi connectivity index (χ2v) is 19.6. The van der Waals surface area contributed by atoms with Crippen LogP contribution in [0.5, 0.6) is 0 Å². The Bertz CT molecular complexity index is 2510. The molecule has 0 unspecified atom stereocenters. The number of fused-ring (bicyclic) bond motifs is 9. The molecule has 1 saturated heterocycles. The number of aryl methyl sites for hydroxylation is 1. The summed E-state index contributed by atoms with van der Waals surface area (Å²) in [7, 11) is 0.505. The van der Waals surface area contributed by atoms with E-state index in [1.165, 1.54) is 108 Å². The molecule has 0 N–H and O–H groups in total. The summed E-state index contributed by atoms with van der Waals surface area (Å²) >= 11 is 0. The van der Waals surface area contributed by atoms with Crippen LogP contribution < -0.4 is 15.3 Å². The van der Waals surface area contributed by atoms with Gasteiger partial charge in [-0.3, -0.25) is 0 Å². The zero-order valence-corrected chi connectivity index (χ0v) is 29.9. The van der Waals surface area contributed by atoms with Crippen LogP contribution in [-0.2, 0) is 5.41 Å². The number of anilines is 2. The van der Waals surface area contributed by atoms with E-state index in [1.807, 2.05) is 0 Å². The van der Waals surface area contributed by atoms with Gasteiger partial charge in [-0.1, -0.05) is 141 Å². The first kappa shape index (κ1) is 29.0. The molecule has 0 saturated carbocycles. The first-order chi connectivity index (χ1) is 23.9. The maximum Gasteiger partial charge on any atom is 0.123 e. The van der Waals surface area contributed by atoms with Crippen LogP contribution in [0.15, 0.2) is 127 Å². The van der Waals surface area contributed by atoms with E-state index >= 15 is 0 Å². The zero-order chi connectivity index (χ0) is 33.1. The van der Waals surface area contributed by atoms with Gasteiger partial charge < -0.3 is 4.90 Å². The topological polar surface area (TPSA) is 3.24 Å². The Morgan fingerprint density at radius 1 is 0.531 bits per heavy atom. The van der Waals surface area contributed by atoms with Gasteiger partial charge in [0, 0.05) is 23.8 Å². The summed E-state index contributed by atoms with van der Waals surface area (Å²) in [6.45, 7) is 6.97. The van der Waals surface area contributed by atoms with Crippen molar-refractivity contribution in [3.63, 3.8) is 0 Å². The molecule has 0 atom stereocenters. The van der Waals surface area contributed by atoms with Crippen molar-refractivity contribution in [2.75, 3.05) is 11.9 Å². The summed E-state index contributed by atoms with van der Waals surface area (Å²) in [4.78, 5) is 2.48. The fraction of sp³-hybridized carbons (Fsp3) is 0.191. The average molecular weight is 648 g/mol. The molecule has 238 valence electrons. The Morgan fingerprint density at radius 3 is 1.96 bits per heavy atom. The van der Waals surface area contributed by atoms with E-state index in [-0.39, 0.29) is 5.41 Å². The number of hydrogen-bond acceptors (Lipinski definition) is 1. The first-order valence-corrected chi connectivity index (χ1v) is 20.5. The third kappa shape index (κ3) is 3.93. The van der Waals surface area contributed by atoms with Crippen LogP contribution in [0, 0.1) is 6.92 Å². The summed E-state index contributed by atoms with van der Waals surface area (Å²) in [6, 6.07) is 52.0. The van der Waals surface area contributed by atoms with Crippen molar-refractivity contribution < 1.29 is 0 Å². The third-order valence-corrected chi connectivity index (χ3v) is 17.8. The SMILES string of the molecule is Cc1ccc2c(-c3ccc4c(c3)N(C)c3ccccc3[Si]43CCCC3)c3ccccc3c(-c3ccc4c(c3)-c3ccccc3C4(C)C)c2c1. The third-order valence-electron chi connectivity index (χ3n) is 12.5. The van der Waals surface area contributed by atoms with E-state index in [9.17, 15) is 0 Å². The lowest BCUT2D eigenvalue weighted by atomic mass is 9.81. The van der Waals surface area contributed by atoms with Gasteiger partial charge in [0.1, 0.15) is 8.07 Å². The summed E-state index contributed by atoms with van der Waals surface area (Å²) in [5, 5.41) is 8.58. The molecule has 1 fully saturated rings. The van der Waals surface area contributed by atoms with Gasteiger partial charge in [0.05, 0.1) is 0 Å². The summed E-state index contributed by atoms with van der Waals surface area (Å²) < 4.78 is 0. The normalized spacial score (nSPS) is 16.5. The molecule has 7 aromatic carbocycles. The van der Waals surface area contributed by atoms with Crippen molar-refractivity contribution in [3.05, 3.63) is 144 Å². The highest BCUT2D eigenvalue weighted by Gasteiger charge is 2.46. The summed E-state index contributed by atoms with van der Waals surface area (Å²) in [6.07, 6.45) is 2.71. The maximum absolute atomic E-state index is 2.54. The molecular weight excluding hydrogens is 607 g/mol. The van der Waals surface area contributed by atoms with E-state index < -0.39 is 8.07 Å². The highest BCUT2D eigenvalue weighted by Crippen LogP contribution is 2.51. The molecule has 3 aliphatic rings. The van der Waals surface area contributed by atoms with E-state index in [2.05, 4.69) is 160 Å².